The fourth-order valence-electron chi connectivity index (χ4n) is 1.94. The third-order valence-corrected chi connectivity index (χ3v) is 3.40. The molecule has 0 aliphatic carbocycles. The Morgan fingerprint density at radius 2 is 1.80 bits per heavy atom. The van der Waals surface area contributed by atoms with E-state index in [1.807, 2.05) is 24.3 Å². The van der Waals surface area contributed by atoms with E-state index in [2.05, 4.69) is 0 Å². The molecule has 2 rings (SSSR count). The number of carbonyl (C=O) groups excluding carboxylic acids is 1. The van der Waals surface area contributed by atoms with Crippen LogP contribution in [0.4, 0.5) is 0 Å². The maximum atomic E-state index is 12.1. The van der Waals surface area contributed by atoms with Crippen LogP contribution < -0.4 is 4.74 Å². The maximum Gasteiger partial charge on any atom is 0.163 e. The van der Waals surface area contributed by atoms with E-state index in [0.29, 0.717) is 28.5 Å². The van der Waals surface area contributed by atoms with Crippen LogP contribution in [0.15, 0.2) is 42.5 Å². The molecule has 0 atom stereocenters. The molecule has 4 heteroatoms. The van der Waals surface area contributed by atoms with Crippen LogP contribution >= 0.6 is 23.2 Å². The van der Waals surface area contributed by atoms with Crippen LogP contribution in [-0.4, -0.2) is 12.9 Å². The van der Waals surface area contributed by atoms with Crippen molar-refractivity contribution in [1.29, 1.82) is 0 Å². The Labute approximate surface area is 128 Å². The molecule has 0 saturated carbocycles. The molecule has 0 spiro atoms. The number of ketones is 1. The molecule has 0 saturated heterocycles. The van der Waals surface area contributed by atoms with Crippen LogP contribution in [0.1, 0.15) is 22.3 Å². The van der Waals surface area contributed by atoms with Gasteiger partial charge in [0.25, 0.3) is 0 Å². The molecule has 0 aliphatic heterocycles. The van der Waals surface area contributed by atoms with E-state index < -0.39 is 0 Å². The van der Waals surface area contributed by atoms with Gasteiger partial charge in [0.1, 0.15) is 5.75 Å². The van der Waals surface area contributed by atoms with Crippen molar-refractivity contribution in [3.05, 3.63) is 63.6 Å². The van der Waals surface area contributed by atoms with Gasteiger partial charge in [-0.3, -0.25) is 4.79 Å². The number of aryl methyl sites for hydroxylation is 1. The minimum Gasteiger partial charge on any atom is -0.497 e. The van der Waals surface area contributed by atoms with E-state index in [9.17, 15) is 4.79 Å². The summed E-state index contributed by atoms with van der Waals surface area (Å²) in [6, 6.07) is 12.6. The first-order valence-electron chi connectivity index (χ1n) is 6.20. The van der Waals surface area contributed by atoms with E-state index in [0.717, 1.165) is 11.3 Å². The second kappa shape index (κ2) is 6.78. The highest BCUT2D eigenvalue weighted by molar-refractivity contribution is 6.35. The number of rotatable bonds is 5. The first-order valence-corrected chi connectivity index (χ1v) is 6.96. The van der Waals surface area contributed by atoms with Crippen molar-refractivity contribution in [3.63, 3.8) is 0 Å². The van der Waals surface area contributed by atoms with Crippen LogP contribution in [0.5, 0.6) is 5.75 Å². The molecule has 2 aromatic rings. The fourth-order valence-corrected chi connectivity index (χ4v) is 2.47. The lowest BCUT2D eigenvalue weighted by Crippen LogP contribution is -2.01. The molecule has 0 aliphatic rings. The minimum atomic E-state index is 0.0252. The molecule has 0 heterocycles. The molecule has 0 aromatic heterocycles. The standard InChI is InChI=1S/C16H14Cl2O2/c1-20-15-4-2-3-11(7-15)5-6-16(19)12-8-13(17)10-14(18)9-12/h2-4,7-10H,5-6H2,1H3. The van der Waals surface area contributed by atoms with Crippen LogP contribution in [0.25, 0.3) is 0 Å². The van der Waals surface area contributed by atoms with Crippen molar-refractivity contribution in [1.82, 2.24) is 0 Å². The van der Waals surface area contributed by atoms with Crippen LogP contribution in [-0.2, 0) is 6.42 Å². The molecule has 0 unspecified atom stereocenters. The molecule has 0 amide bonds. The predicted octanol–water partition coefficient (Wildman–Crippen LogP) is 4.82. The van der Waals surface area contributed by atoms with Crippen LogP contribution in [0, 0.1) is 0 Å². The van der Waals surface area contributed by atoms with Gasteiger partial charge in [0, 0.05) is 22.0 Å². The summed E-state index contributed by atoms with van der Waals surface area (Å²) in [5.41, 5.74) is 1.61. The van der Waals surface area contributed by atoms with Crippen molar-refractivity contribution in [2.24, 2.45) is 0 Å². The Balaban J connectivity index is 2.04. The van der Waals surface area contributed by atoms with Gasteiger partial charge in [-0.2, -0.15) is 0 Å². The Bertz CT molecular complexity index is 603. The van der Waals surface area contributed by atoms with Crippen molar-refractivity contribution >= 4 is 29.0 Å². The van der Waals surface area contributed by atoms with Crippen molar-refractivity contribution in [2.75, 3.05) is 7.11 Å². The second-order valence-corrected chi connectivity index (χ2v) is 5.31. The first-order chi connectivity index (χ1) is 9.58. The number of Topliss-reactive ketones (excluding diaryl/α,β-unsaturated/α-hetero) is 1. The summed E-state index contributed by atoms with van der Waals surface area (Å²) < 4.78 is 5.16. The number of hydrogen-bond acceptors (Lipinski definition) is 2. The molecule has 0 fully saturated rings. The number of halogens is 2. The van der Waals surface area contributed by atoms with Gasteiger partial charge in [0.15, 0.2) is 5.78 Å². The minimum absolute atomic E-state index is 0.0252. The Morgan fingerprint density at radius 3 is 2.45 bits per heavy atom. The van der Waals surface area contributed by atoms with E-state index in [-0.39, 0.29) is 5.78 Å². The first kappa shape index (κ1) is 14.9. The molecular weight excluding hydrogens is 295 g/mol. The number of methoxy groups -OCH3 is 1. The summed E-state index contributed by atoms with van der Waals surface area (Å²) in [6.45, 7) is 0. The van der Waals surface area contributed by atoms with E-state index in [1.165, 1.54) is 0 Å². The average molecular weight is 309 g/mol. The number of ether oxygens (including phenoxy) is 1. The van der Waals surface area contributed by atoms with Crippen molar-refractivity contribution in [3.8, 4) is 5.75 Å². The van der Waals surface area contributed by atoms with Gasteiger partial charge in [0.05, 0.1) is 7.11 Å². The summed E-state index contributed by atoms with van der Waals surface area (Å²) in [7, 11) is 1.62. The quantitative estimate of drug-likeness (QED) is 0.740. The highest BCUT2D eigenvalue weighted by atomic mass is 35.5. The zero-order chi connectivity index (χ0) is 14.5. The Kier molecular flexibility index (Phi) is 5.05. The lowest BCUT2D eigenvalue weighted by Gasteiger charge is -2.05. The van der Waals surface area contributed by atoms with Gasteiger partial charge in [0.2, 0.25) is 0 Å². The smallest absolute Gasteiger partial charge is 0.163 e. The van der Waals surface area contributed by atoms with Gasteiger partial charge in [-0.05, 0) is 42.3 Å². The summed E-state index contributed by atoms with van der Waals surface area (Å²) in [5.74, 6) is 0.818. The molecule has 0 radical (unpaired) electrons. The molecule has 20 heavy (non-hydrogen) atoms. The highest BCUT2D eigenvalue weighted by Crippen LogP contribution is 2.21. The van der Waals surface area contributed by atoms with Gasteiger partial charge < -0.3 is 4.74 Å². The molecule has 0 N–H and O–H groups in total. The maximum absolute atomic E-state index is 12.1. The topological polar surface area (TPSA) is 26.3 Å². The van der Waals surface area contributed by atoms with Crippen LogP contribution in [0.3, 0.4) is 0 Å². The Morgan fingerprint density at radius 1 is 1.10 bits per heavy atom. The Hall–Kier alpha value is -1.51. The van der Waals surface area contributed by atoms with E-state index >= 15 is 0 Å². The number of hydrogen-bond donors (Lipinski definition) is 0. The van der Waals surface area contributed by atoms with Crippen molar-refractivity contribution in [2.45, 2.75) is 12.8 Å². The number of carbonyl (C=O) groups is 1. The lowest BCUT2D eigenvalue weighted by molar-refractivity contribution is 0.0983. The van der Waals surface area contributed by atoms with Crippen molar-refractivity contribution < 1.29 is 9.53 Å². The molecule has 0 bridgehead atoms. The zero-order valence-electron chi connectivity index (χ0n) is 11.0. The molecule has 2 aromatic carbocycles. The zero-order valence-corrected chi connectivity index (χ0v) is 12.5. The predicted molar refractivity (Wildman–Crippen MR) is 82.1 cm³/mol. The molecular formula is C16H14Cl2O2. The average Bonchev–Trinajstić information content (AvgIpc) is 2.44. The van der Waals surface area contributed by atoms with E-state index in [1.54, 1.807) is 25.3 Å². The lowest BCUT2D eigenvalue weighted by atomic mass is 10.0. The largest absolute Gasteiger partial charge is 0.497 e. The van der Waals surface area contributed by atoms with Crippen LogP contribution in [0.2, 0.25) is 10.0 Å². The van der Waals surface area contributed by atoms with Gasteiger partial charge >= 0.3 is 0 Å². The molecule has 2 nitrogen and oxygen atoms in total. The third-order valence-electron chi connectivity index (χ3n) is 2.96. The highest BCUT2D eigenvalue weighted by Gasteiger charge is 2.08. The summed E-state index contributed by atoms with van der Waals surface area (Å²) in [5, 5.41) is 0.949. The summed E-state index contributed by atoms with van der Waals surface area (Å²) in [4.78, 5) is 12.1. The summed E-state index contributed by atoms with van der Waals surface area (Å²) >= 11 is 11.8. The summed E-state index contributed by atoms with van der Waals surface area (Å²) in [6.07, 6.45) is 1.06. The van der Waals surface area contributed by atoms with Gasteiger partial charge in [-0.15, -0.1) is 0 Å². The van der Waals surface area contributed by atoms with E-state index in [4.69, 9.17) is 27.9 Å². The molecule has 104 valence electrons. The monoisotopic (exact) mass is 308 g/mol. The fraction of sp³-hybridized carbons (Fsp3) is 0.188. The normalized spacial score (nSPS) is 10.3. The SMILES string of the molecule is COc1cccc(CCC(=O)c2cc(Cl)cc(Cl)c2)c1. The number of benzene rings is 2. The van der Waals surface area contributed by atoms with Gasteiger partial charge in [-0.25, -0.2) is 0 Å². The van der Waals surface area contributed by atoms with Gasteiger partial charge in [-0.1, -0.05) is 35.3 Å². The second-order valence-electron chi connectivity index (χ2n) is 4.43. The third kappa shape index (κ3) is 3.99.